The molecule has 0 spiro atoms. The predicted molar refractivity (Wildman–Crippen MR) is 247 cm³/mol. The number of imide groups is 1. The van der Waals surface area contributed by atoms with E-state index in [2.05, 4.69) is 43.2 Å². The molecule has 6 fully saturated rings. The van der Waals surface area contributed by atoms with Gasteiger partial charge in [0.2, 0.25) is 11.8 Å². The van der Waals surface area contributed by atoms with Crippen LogP contribution in [0.4, 0.5) is 15.9 Å². The van der Waals surface area contributed by atoms with E-state index in [4.69, 9.17) is 19.7 Å². The van der Waals surface area contributed by atoms with Crippen LogP contribution in [0, 0.1) is 11.2 Å². The number of anilines is 2. The third-order valence-electron chi connectivity index (χ3n) is 15.5. The molecular formula is C50H55FN10O5. The van der Waals surface area contributed by atoms with Gasteiger partial charge < -0.3 is 34.8 Å². The van der Waals surface area contributed by atoms with E-state index in [1.54, 1.807) is 23.2 Å². The van der Waals surface area contributed by atoms with Crippen molar-refractivity contribution in [3.05, 3.63) is 77.2 Å². The second kappa shape index (κ2) is 16.1. The van der Waals surface area contributed by atoms with Crippen LogP contribution in [-0.2, 0) is 22.6 Å². The summed E-state index contributed by atoms with van der Waals surface area (Å²) in [5.41, 5.74) is 4.56. The van der Waals surface area contributed by atoms with Crippen LogP contribution in [0.2, 0.25) is 0 Å². The number of aryl methyl sites for hydroxylation is 1. The number of rotatable bonds is 11. The maximum Gasteiger partial charge on any atom is 0.319 e. The molecule has 1 aliphatic carbocycles. The predicted octanol–water partition coefficient (Wildman–Crippen LogP) is 4.62. The molecule has 7 aliphatic rings. The van der Waals surface area contributed by atoms with Gasteiger partial charge in [0, 0.05) is 118 Å². The topological polar surface area (TPSA) is 160 Å². The quantitative estimate of drug-likeness (QED) is 0.158. The minimum Gasteiger partial charge on any atom is -0.508 e. The number of fused-ring (bicyclic) bond motifs is 5. The van der Waals surface area contributed by atoms with Crippen LogP contribution in [0.3, 0.4) is 0 Å². The van der Waals surface area contributed by atoms with Gasteiger partial charge in [-0.25, -0.2) is 4.39 Å². The highest BCUT2D eigenvalue weighted by Gasteiger charge is 2.46. The van der Waals surface area contributed by atoms with Gasteiger partial charge in [-0.1, -0.05) is 25.1 Å². The molecule has 3 N–H and O–H groups in total. The molecule has 8 heterocycles. The summed E-state index contributed by atoms with van der Waals surface area (Å²) in [6.07, 6.45) is 7.34. The third kappa shape index (κ3) is 7.37. The van der Waals surface area contributed by atoms with E-state index in [0.717, 1.165) is 119 Å². The Morgan fingerprint density at radius 3 is 2.47 bits per heavy atom. The number of nitrogens with zero attached hydrogens (tertiary/aromatic N) is 8. The highest BCUT2D eigenvalue weighted by molar-refractivity contribution is 6.06. The van der Waals surface area contributed by atoms with Crippen molar-refractivity contribution in [2.45, 2.75) is 82.6 Å². The zero-order valence-electron chi connectivity index (χ0n) is 37.3. The van der Waals surface area contributed by atoms with E-state index in [-0.39, 0.29) is 46.6 Å². The van der Waals surface area contributed by atoms with Gasteiger partial charge >= 0.3 is 6.01 Å². The van der Waals surface area contributed by atoms with E-state index in [9.17, 15) is 19.5 Å². The van der Waals surface area contributed by atoms with Crippen molar-refractivity contribution in [2.75, 3.05) is 75.3 Å². The summed E-state index contributed by atoms with van der Waals surface area (Å²) in [4.78, 5) is 63.3. The number of halogens is 1. The number of hydrogen-bond donors (Lipinski definition) is 3. The Hall–Kier alpha value is -5.97. The molecule has 16 heteroatoms. The van der Waals surface area contributed by atoms with Crippen molar-refractivity contribution in [1.82, 2.24) is 40.3 Å². The van der Waals surface area contributed by atoms with Crippen LogP contribution in [0.15, 0.2) is 54.7 Å². The lowest BCUT2D eigenvalue weighted by Crippen LogP contribution is -2.63. The Morgan fingerprint density at radius 1 is 0.909 bits per heavy atom. The number of pyridine rings is 1. The number of phenolic OH excluding ortho intramolecular Hbond substituents is 1. The summed E-state index contributed by atoms with van der Waals surface area (Å²) in [5, 5.41) is 19.1. The molecule has 3 amide bonds. The summed E-state index contributed by atoms with van der Waals surface area (Å²) in [6.45, 7) is 11.1. The minimum atomic E-state index is -0.614. The number of phenols is 1. The van der Waals surface area contributed by atoms with Crippen molar-refractivity contribution >= 4 is 50.9 Å². The first-order valence-electron chi connectivity index (χ1n) is 23.8. The van der Waals surface area contributed by atoms with E-state index >= 15 is 4.39 Å². The van der Waals surface area contributed by atoms with Crippen LogP contribution in [0.5, 0.6) is 11.8 Å². The molecule has 15 nitrogen and oxygen atoms in total. The molecule has 5 saturated heterocycles. The van der Waals surface area contributed by atoms with E-state index < -0.39 is 17.8 Å². The van der Waals surface area contributed by atoms with Crippen molar-refractivity contribution < 1.29 is 28.6 Å². The van der Waals surface area contributed by atoms with Crippen molar-refractivity contribution in [2.24, 2.45) is 5.41 Å². The number of carbonyl (C=O) groups is 3. The van der Waals surface area contributed by atoms with Gasteiger partial charge in [-0.05, 0) is 90.8 Å². The molecule has 3 atom stereocenters. The smallest absolute Gasteiger partial charge is 0.319 e. The summed E-state index contributed by atoms with van der Waals surface area (Å²) >= 11 is 0. The summed E-state index contributed by atoms with van der Waals surface area (Å²) < 4.78 is 23.7. The lowest BCUT2D eigenvalue weighted by molar-refractivity contribution is -0.136. The monoisotopic (exact) mass is 894 g/mol. The standard InChI is InChI=1S/C50H55FN10O5/c1-2-29-4-3-5-30-19-36(62)20-38(42(29)30)44-43(51)45-39(21-52-44)46(60-23-32-6-7-33(24-60)53-32)56-49(55-45)66-28-50(12-13-50)27-57-14-16-58(17-15-57)35-25-59(26-35)34-8-9-37-31(18-34)22-61(48(37)65)40-10-11-41(63)54-47(40)64/h3-5,8-9,18-21,32-33,35,40,53,62H,2,6-7,10-17,22-28H2,1H3,(H,54,63,64). The minimum absolute atomic E-state index is 0.0101. The SMILES string of the molecule is CCc1cccc2cc(O)cc(-c3ncc4c(N5CC6CCC(C5)N6)nc(OCC5(CN6CCN(C7CN(c8ccc9c(c8)CN(C8CCC(=O)NC8=O)C9=O)C7)CC6)CC5)nc4c3F)c12. The number of piperazine rings is 2. The molecule has 0 radical (unpaired) electrons. The summed E-state index contributed by atoms with van der Waals surface area (Å²) in [7, 11) is 0. The largest absolute Gasteiger partial charge is 0.508 e. The average molecular weight is 895 g/mol. The van der Waals surface area contributed by atoms with Gasteiger partial charge in [0.15, 0.2) is 5.82 Å². The first-order chi connectivity index (χ1) is 32.1. The third-order valence-corrected chi connectivity index (χ3v) is 15.5. The van der Waals surface area contributed by atoms with Crippen LogP contribution in [-0.4, -0.2) is 142 Å². The zero-order valence-corrected chi connectivity index (χ0v) is 37.3. The number of aromatic nitrogens is 3. The lowest BCUT2D eigenvalue weighted by Gasteiger charge is -2.49. The number of nitrogens with one attached hydrogen (secondary N) is 2. The normalized spacial score (nSPS) is 24.3. The Balaban J connectivity index is 0.708. The molecule has 3 aromatic carbocycles. The molecule has 1 saturated carbocycles. The molecule has 12 rings (SSSR count). The zero-order chi connectivity index (χ0) is 44.8. The first kappa shape index (κ1) is 41.5. The highest BCUT2D eigenvalue weighted by Crippen LogP contribution is 2.47. The number of piperidine rings is 1. The number of amides is 3. The van der Waals surface area contributed by atoms with Gasteiger partial charge in [-0.15, -0.1) is 0 Å². The van der Waals surface area contributed by atoms with Crippen LogP contribution in [0.25, 0.3) is 32.9 Å². The van der Waals surface area contributed by atoms with Crippen molar-refractivity contribution in [3.63, 3.8) is 0 Å². The number of hydrogen-bond acceptors (Lipinski definition) is 13. The second-order valence-corrected chi connectivity index (χ2v) is 19.8. The fraction of sp³-hybridized carbons (Fsp3) is 0.480. The van der Waals surface area contributed by atoms with Gasteiger partial charge in [-0.3, -0.25) is 29.6 Å². The van der Waals surface area contributed by atoms with Crippen LogP contribution in [0.1, 0.15) is 66.9 Å². The summed E-state index contributed by atoms with van der Waals surface area (Å²) in [5.74, 6) is -0.665. The molecule has 2 aromatic heterocycles. The van der Waals surface area contributed by atoms with Gasteiger partial charge in [0.25, 0.3) is 5.91 Å². The molecule has 342 valence electrons. The Kier molecular flexibility index (Phi) is 10.1. The molecule has 6 aliphatic heterocycles. The van der Waals surface area contributed by atoms with E-state index in [1.165, 1.54) is 0 Å². The van der Waals surface area contributed by atoms with Crippen molar-refractivity contribution in [1.29, 1.82) is 0 Å². The lowest BCUT2D eigenvalue weighted by atomic mass is 9.95. The number of carbonyl (C=O) groups excluding carboxylic acids is 3. The fourth-order valence-electron chi connectivity index (χ4n) is 11.6. The first-order valence-corrected chi connectivity index (χ1v) is 23.8. The van der Waals surface area contributed by atoms with Gasteiger partial charge in [0.05, 0.1) is 12.0 Å². The maximum atomic E-state index is 17.2. The highest BCUT2D eigenvalue weighted by atomic mass is 19.1. The van der Waals surface area contributed by atoms with Crippen LogP contribution >= 0.6 is 0 Å². The Labute approximate surface area is 382 Å². The molecule has 66 heavy (non-hydrogen) atoms. The van der Waals surface area contributed by atoms with E-state index in [1.807, 2.05) is 30.3 Å². The number of aromatic hydroxyl groups is 1. The molecule has 2 bridgehead atoms. The van der Waals surface area contributed by atoms with Gasteiger partial charge in [0.1, 0.15) is 28.8 Å². The molecular weight excluding hydrogens is 840 g/mol. The second-order valence-electron chi connectivity index (χ2n) is 19.8. The molecule has 3 unspecified atom stereocenters. The molecule has 5 aromatic rings. The maximum absolute atomic E-state index is 17.2. The number of ether oxygens (including phenoxy) is 1. The Bertz CT molecular complexity index is 2790. The van der Waals surface area contributed by atoms with E-state index in [0.29, 0.717) is 60.0 Å². The average Bonchev–Trinajstić information content (AvgIpc) is 3.88. The fourth-order valence-corrected chi connectivity index (χ4v) is 11.6. The Morgan fingerprint density at radius 2 is 1.71 bits per heavy atom. The van der Waals surface area contributed by atoms with Gasteiger partial charge in [-0.2, -0.15) is 9.97 Å². The summed E-state index contributed by atoms with van der Waals surface area (Å²) in [6, 6.07) is 16.0. The van der Waals surface area contributed by atoms with Crippen molar-refractivity contribution in [3.8, 4) is 23.0 Å². The number of benzene rings is 3. The van der Waals surface area contributed by atoms with Crippen LogP contribution < -0.4 is 25.2 Å².